The van der Waals surface area contributed by atoms with E-state index in [-0.39, 0.29) is 0 Å². The molecule has 0 radical (unpaired) electrons. The van der Waals surface area contributed by atoms with E-state index in [4.69, 9.17) is 33.2 Å². The molecule has 4 nitrogen and oxygen atoms in total. The van der Waals surface area contributed by atoms with E-state index in [0.717, 1.165) is 76.0 Å². The van der Waals surface area contributed by atoms with Gasteiger partial charge in [-0.2, -0.15) is 11.8 Å². The van der Waals surface area contributed by atoms with Crippen LogP contribution in [0.4, 0.5) is 0 Å². The third-order valence-electron chi connectivity index (χ3n) is 8.31. The summed E-state index contributed by atoms with van der Waals surface area (Å²) in [6.45, 7) is 0. The summed E-state index contributed by atoms with van der Waals surface area (Å²) in [5, 5.41) is 3.39. The van der Waals surface area contributed by atoms with Crippen LogP contribution in [0.15, 0.2) is 146 Å². The van der Waals surface area contributed by atoms with Crippen molar-refractivity contribution in [2.75, 3.05) is 0 Å². The molecule has 8 rings (SSSR count). The average Bonchev–Trinajstić information content (AvgIpc) is 3.83. The van der Waals surface area contributed by atoms with Gasteiger partial charge < -0.3 is 0 Å². The van der Waals surface area contributed by atoms with Crippen LogP contribution in [-0.4, -0.2) is 19.9 Å². The first-order valence-corrected chi connectivity index (χ1v) is 19.7. The third-order valence-corrected chi connectivity index (χ3v) is 12.2. The summed E-state index contributed by atoms with van der Waals surface area (Å²) in [5.41, 5.74) is 11.0. The molecule has 0 unspecified atom stereocenters. The van der Waals surface area contributed by atoms with Crippen molar-refractivity contribution < 1.29 is 0 Å². The van der Waals surface area contributed by atoms with Gasteiger partial charge in [0.05, 0.1) is 21.1 Å². The molecule has 4 aromatic carbocycles. The summed E-state index contributed by atoms with van der Waals surface area (Å²) >= 11 is 17.7. The summed E-state index contributed by atoms with van der Waals surface area (Å²) in [5.74, 6) is 1.84. The zero-order chi connectivity index (χ0) is 34.6. The molecule has 0 aliphatic heterocycles. The molecule has 4 aromatic heterocycles. The minimum Gasteiger partial charge on any atom is -0.265 e. The van der Waals surface area contributed by atoms with Crippen LogP contribution in [0, 0.1) is 0 Å². The largest absolute Gasteiger partial charge is 0.265 e. The Morgan fingerprint density at radius 1 is 0.412 bits per heavy atom. The number of hydrogen-bond donors (Lipinski definition) is 0. The highest BCUT2D eigenvalue weighted by atomic mass is 35.5. The smallest absolute Gasteiger partial charge is 0.124 e. The normalized spacial score (nSPS) is 11.2. The van der Waals surface area contributed by atoms with Gasteiger partial charge in [0.15, 0.2) is 0 Å². The van der Waals surface area contributed by atoms with Gasteiger partial charge in [-0.3, -0.25) is 9.97 Å². The second kappa shape index (κ2) is 15.3. The molecule has 51 heavy (non-hydrogen) atoms. The SMILES string of the molecule is Clc1ccc(-c2nc(-c3ccc(CSCc4ccc(-c5nc(-c6ccc(Cl)cc6)c(-c6ccncc6)s5)cc4)cc3)sc2-c2ccncc2)cc1. The summed E-state index contributed by atoms with van der Waals surface area (Å²) in [7, 11) is 0. The summed E-state index contributed by atoms with van der Waals surface area (Å²) in [6, 6.07) is 41.4. The highest BCUT2D eigenvalue weighted by Gasteiger charge is 2.18. The number of thiazole rings is 2. The van der Waals surface area contributed by atoms with E-state index >= 15 is 0 Å². The lowest BCUT2D eigenvalue weighted by molar-refractivity contribution is 1.33. The molecule has 248 valence electrons. The Hall–Kier alpha value is -4.63. The van der Waals surface area contributed by atoms with Crippen molar-refractivity contribution >= 4 is 57.6 Å². The van der Waals surface area contributed by atoms with E-state index < -0.39 is 0 Å². The lowest BCUT2D eigenvalue weighted by Gasteiger charge is -2.05. The number of pyridine rings is 2. The van der Waals surface area contributed by atoms with Gasteiger partial charge in [-0.1, -0.05) is 96.0 Å². The molecule has 0 bridgehead atoms. The second-order valence-corrected chi connectivity index (χ2v) is 15.6. The Kier molecular flexibility index (Phi) is 10.1. The van der Waals surface area contributed by atoms with Crippen molar-refractivity contribution in [1.82, 2.24) is 19.9 Å². The highest BCUT2D eigenvalue weighted by Crippen LogP contribution is 2.42. The zero-order valence-corrected chi connectivity index (χ0v) is 31.0. The summed E-state index contributed by atoms with van der Waals surface area (Å²) in [4.78, 5) is 20.8. The lowest BCUT2D eigenvalue weighted by Crippen LogP contribution is -1.86. The molecule has 0 atom stereocenters. The fourth-order valence-electron chi connectivity index (χ4n) is 5.67. The molecule has 9 heteroatoms. The topological polar surface area (TPSA) is 51.6 Å². The van der Waals surface area contributed by atoms with E-state index in [2.05, 4.69) is 58.5 Å². The lowest BCUT2D eigenvalue weighted by atomic mass is 10.1. The van der Waals surface area contributed by atoms with E-state index in [1.54, 1.807) is 22.7 Å². The Morgan fingerprint density at radius 3 is 1.14 bits per heavy atom. The Balaban J connectivity index is 0.946. The van der Waals surface area contributed by atoms with Crippen molar-refractivity contribution in [3.63, 3.8) is 0 Å². The molecule has 0 spiro atoms. The first kappa shape index (κ1) is 33.5. The number of thioether (sulfide) groups is 1. The van der Waals surface area contributed by atoms with E-state index in [1.165, 1.54) is 11.1 Å². The van der Waals surface area contributed by atoms with Crippen LogP contribution in [0.5, 0.6) is 0 Å². The van der Waals surface area contributed by atoms with Crippen molar-refractivity contribution in [3.8, 4) is 64.5 Å². The molecule has 4 heterocycles. The Labute approximate surface area is 318 Å². The van der Waals surface area contributed by atoms with E-state index in [9.17, 15) is 0 Å². The van der Waals surface area contributed by atoms with Crippen LogP contribution in [0.3, 0.4) is 0 Å². The van der Waals surface area contributed by atoms with Gasteiger partial charge in [-0.15, -0.1) is 22.7 Å². The molecule has 0 amide bonds. The maximum atomic E-state index is 6.18. The fraction of sp³-hybridized carbons (Fsp3) is 0.0476. The summed E-state index contributed by atoms with van der Waals surface area (Å²) in [6.07, 6.45) is 7.28. The Morgan fingerprint density at radius 2 is 0.765 bits per heavy atom. The molecule has 0 fully saturated rings. The molecule has 0 saturated carbocycles. The minimum absolute atomic E-state index is 0.709. The van der Waals surface area contributed by atoms with Gasteiger partial charge in [0.25, 0.3) is 0 Å². The molecular formula is C42H28Cl2N4S3. The van der Waals surface area contributed by atoms with Crippen molar-refractivity contribution in [1.29, 1.82) is 0 Å². The first-order chi connectivity index (χ1) is 25.1. The molecule has 0 aliphatic rings. The van der Waals surface area contributed by atoms with Gasteiger partial charge in [-0.25, -0.2) is 9.97 Å². The fourth-order valence-corrected chi connectivity index (χ4v) is 9.07. The minimum atomic E-state index is 0.709. The van der Waals surface area contributed by atoms with Gasteiger partial charge in [0.2, 0.25) is 0 Å². The zero-order valence-electron chi connectivity index (χ0n) is 27.0. The molecule has 8 aromatic rings. The van der Waals surface area contributed by atoms with Gasteiger partial charge in [0, 0.05) is 68.6 Å². The summed E-state index contributed by atoms with van der Waals surface area (Å²) < 4.78 is 0. The van der Waals surface area contributed by atoms with Crippen molar-refractivity contribution in [3.05, 3.63) is 167 Å². The third kappa shape index (κ3) is 7.69. The number of hydrogen-bond acceptors (Lipinski definition) is 7. The highest BCUT2D eigenvalue weighted by molar-refractivity contribution is 7.97. The number of benzene rings is 4. The van der Waals surface area contributed by atoms with Crippen LogP contribution >= 0.6 is 57.6 Å². The molecule has 0 saturated heterocycles. The van der Waals surface area contributed by atoms with E-state index in [1.807, 2.05) is 109 Å². The average molecular weight is 756 g/mol. The number of aromatic nitrogens is 4. The quantitative estimate of drug-likeness (QED) is 0.139. The number of rotatable bonds is 10. The van der Waals surface area contributed by atoms with Crippen LogP contribution in [0.25, 0.3) is 64.5 Å². The van der Waals surface area contributed by atoms with Gasteiger partial charge in [-0.05, 0) is 70.8 Å². The predicted octanol–water partition coefficient (Wildman–Crippen LogP) is 13.1. The van der Waals surface area contributed by atoms with Crippen molar-refractivity contribution in [2.45, 2.75) is 11.5 Å². The maximum absolute atomic E-state index is 6.18. The second-order valence-electron chi connectivity index (χ2n) is 11.8. The molecule has 0 aliphatic carbocycles. The first-order valence-electron chi connectivity index (χ1n) is 16.2. The molecule has 0 N–H and O–H groups in total. The maximum Gasteiger partial charge on any atom is 0.124 e. The van der Waals surface area contributed by atoms with Crippen LogP contribution in [0.2, 0.25) is 10.0 Å². The standard InChI is InChI=1S/C42H28Cl2N4S3/c43-35-13-9-29(10-14-35)37-39(31-17-21-45-22-18-31)50-41(47-37)33-5-1-27(2-6-33)25-49-26-28-3-7-34(8-4-28)42-48-38(30-11-15-36(44)16-12-30)40(51-42)32-19-23-46-24-20-32/h1-24H,25-26H2. The Bertz CT molecular complexity index is 2210. The van der Waals surface area contributed by atoms with Crippen LogP contribution < -0.4 is 0 Å². The molecular weight excluding hydrogens is 728 g/mol. The van der Waals surface area contributed by atoms with Crippen LogP contribution in [0.1, 0.15) is 11.1 Å². The number of halogens is 2. The van der Waals surface area contributed by atoms with Gasteiger partial charge >= 0.3 is 0 Å². The van der Waals surface area contributed by atoms with E-state index in [0.29, 0.717) is 10.0 Å². The number of nitrogens with zero attached hydrogens (tertiary/aromatic N) is 4. The van der Waals surface area contributed by atoms with Gasteiger partial charge in [0.1, 0.15) is 10.0 Å². The van der Waals surface area contributed by atoms with Crippen LogP contribution in [-0.2, 0) is 11.5 Å². The van der Waals surface area contributed by atoms with Crippen molar-refractivity contribution in [2.24, 2.45) is 0 Å². The predicted molar refractivity (Wildman–Crippen MR) is 217 cm³/mol. The monoisotopic (exact) mass is 754 g/mol.